The van der Waals surface area contributed by atoms with Gasteiger partial charge in [-0.2, -0.15) is 0 Å². The van der Waals surface area contributed by atoms with Crippen LogP contribution in [0.2, 0.25) is 0 Å². The summed E-state index contributed by atoms with van der Waals surface area (Å²) in [6, 6.07) is 6.72. The van der Waals surface area contributed by atoms with Crippen LogP contribution in [0.3, 0.4) is 0 Å². The van der Waals surface area contributed by atoms with Crippen molar-refractivity contribution in [3.8, 4) is 0 Å². The fourth-order valence-electron chi connectivity index (χ4n) is 2.86. The number of hydrogen-bond acceptors (Lipinski definition) is 3. The smallest absolute Gasteiger partial charge is 0.219 e. The van der Waals surface area contributed by atoms with Gasteiger partial charge in [0, 0.05) is 32.0 Å². The highest BCUT2D eigenvalue weighted by molar-refractivity contribution is 5.76. The second-order valence-corrected chi connectivity index (χ2v) is 5.65. The number of halogens is 1. The molecule has 1 aromatic carbocycles. The Balaban J connectivity index is 2.15. The van der Waals surface area contributed by atoms with Crippen LogP contribution in [-0.2, 0) is 9.53 Å². The zero-order chi connectivity index (χ0) is 17.5. The van der Waals surface area contributed by atoms with Gasteiger partial charge >= 0.3 is 0 Å². The molecule has 1 heterocycles. The van der Waals surface area contributed by atoms with Gasteiger partial charge in [-0.05, 0) is 28.7 Å². The van der Waals surface area contributed by atoms with Crippen LogP contribution in [0.4, 0.5) is 4.39 Å². The molecular weight excluding hydrogens is 311 g/mol. The van der Waals surface area contributed by atoms with E-state index in [0.29, 0.717) is 13.1 Å². The lowest BCUT2D eigenvalue weighted by Gasteiger charge is -2.26. The SMILES string of the molecule is CO[C@H](c1ccc(C2=CCN(C(C)=O)CC2)cc1)[C@@H](CF)N=[N+]=[N-]. The van der Waals surface area contributed by atoms with Crippen LogP contribution < -0.4 is 0 Å². The Morgan fingerprint density at radius 1 is 1.46 bits per heavy atom. The molecule has 6 nitrogen and oxygen atoms in total. The first-order valence-electron chi connectivity index (χ1n) is 7.78. The van der Waals surface area contributed by atoms with E-state index in [9.17, 15) is 9.18 Å². The van der Waals surface area contributed by atoms with E-state index in [1.165, 1.54) is 12.7 Å². The molecule has 0 N–H and O–H groups in total. The highest BCUT2D eigenvalue weighted by atomic mass is 19.1. The first kappa shape index (κ1) is 18.0. The molecule has 0 saturated heterocycles. The van der Waals surface area contributed by atoms with Crippen molar-refractivity contribution >= 4 is 11.5 Å². The summed E-state index contributed by atoms with van der Waals surface area (Å²) in [5, 5.41) is 3.46. The molecule has 1 aromatic rings. The van der Waals surface area contributed by atoms with Crippen LogP contribution in [0.5, 0.6) is 0 Å². The highest BCUT2D eigenvalue weighted by Gasteiger charge is 2.22. The van der Waals surface area contributed by atoms with Gasteiger partial charge in [0.05, 0.1) is 12.1 Å². The summed E-state index contributed by atoms with van der Waals surface area (Å²) in [4.78, 5) is 15.8. The van der Waals surface area contributed by atoms with Crippen LogP contribution in [0.1, 0.15) is 30.6 Å². The molecule has 0 unspecified atom stereocenters. The Morgan fingerprint density at radius 3 is 2.62 bits per heavy atom. The van der Waals surface area contributed by atoms with E-state index in [4.69, 9.17) is 10.3 Å². The predicted molar refractivity (Wildman–Crippen MR) is 89.9 cm³/mol. The second-order valence-electron chi connectivity index (χ2n) is 5.65. The molecule has 1 aliphatic rings. The number of amides is 1. The number of carbonyl (C=O) groups is 1. The average Bonchev–Trinajstić information content (AvgIpc) is 2.62. The number of carbonyl (C=O) groups excluding carboxylic acids is 1. The molecule has 128 valence electrons. The van der Waals surface area contributed by atoms with Crippen molar-refractivity contribution < 1.29 is 13.9 Å². The maximum absolute atomic E-state index is 13.1. The monoisotopic (exact) mass is 332 g/mol. The van der Waals surface area contributed by atoms with Crippen LogP contribution in [0.15, 0.2) is 35.5 Å². The third-order valence-electron chi connectivity index (χ3n) is 4.23. The highest BCUT2D eigenvalue weighted by Crippen LogP contribution is 2.27. The van der Waals surface area contributed by atoms with E-state index >= 15 is 0 Å². The number of hydrogen-bond donors (Lipinski definition) is 0. The summed E-state index contributed by atoms with van der Waals surface area (Å²) in [6.45, 7) is 2.12. The van der Waals surface area contributed by atoms with E-state index in [-0.39, 0.29) is 5.91 Å². The molecular formula is C17H21FN4O2. The van der Waals surface area contributed by atoms with Gasteiger partial charge in [-0.15, -0.1) is 0 Å². The molecule has 0 saturated carbocycles. The molecule has 7 heteroatoms. The standard InChI is InChI=1S/C17H21FN4O2/c1-12(23)22-9-7-14(8-10-22)13-3-5-15(6-4-13)17(24-2)16(11-18)20-21-19/h3-7,16-17H,8-11H2,1-2H3/t16-,17-/m1/s1. The first-order valence-corrected chi connectivity index (χ1v) is 7.78. The maximum Gasteiger partial charge on any atom is 0.219 e. The zero-order valence-electron chi connectivity index (χ0n) is 13.9. The Hall–Kier alpha value is -2.37. The number of ether oxygens (including phenoxy) is 1. The fourth-order valence-corrected chi connectivity index (χ4v) is 2.86. The van der Waals surface area contributed by atoms with Crippen molar-refractivity contribution in [1.82, 2.24) is 4.90 Å². The van der Waals surface area contributed by atoms with Gasteiger partial charge < -0.3 is 9.64 Å². The Morgan fingerprint density at radius 2 is 2.17 bits per heavy atom. The topological polar surface area (TPSA) is 78.3 Å². The van der Waals surface area contributed by atoms with Crippen molar-refractivity contribution in [2.75, 3.05) is 26.9 Å². The Bertz CT molecular complexity index is 653. The van der Waals surface area contributed by atoms with E-state index in [1.54, 1.807) is 11.8 Å². The number of azide groups is 1. The zero-order valence-corrected chi connectivity index (χ0v) is 13.9. The van der Waals surface area contributed by atoms with Crippen LogP contribution in [0.25, 0.3) is 16.0 Å². The van der Waals surface area contributed by atoms with Crippen molar-refractivity contribution in [2.24, 2.45) is 5.11 Å². The minimum absolute atomic E-state index is 0.0823. The third-order valence-corrected chi connectivity index (χ3v) is 4.23. The van der Waals surface area contributed by atoms with Crippen molar-refractivity contribution in [3.05, 3.63) is 51.9 Å². The van der Waals surface area contributed by atoms with Gasteiger partial charge in [-0.3, -0.25) is 9.18 Å². The largest absolute Gasteiger partial charge is 0.376 e. The fraction of sp³-hybridized carbons (Fsp3) is 0.471. The van der Waals surface area contributed by atoms with Crippen molar-refractivity contribution in [3.63, 3.8) is 0 Å². The Labute approximate surface area is 140 Å². The van der Waals surface area contributed by atoms with Crippen molar-refractivity contribution in [1.29, 1.82) is 0 Å². The van der Waals surface area contributed by atoms with E-state index in [2.05, 4.69) is 16.1 Å². The Kier molecular flexibility index (Phi) is 6.35. The molecule has 0 aromatic heterocycles. The van der Waals surface area contributed by atoms with Crippen LogP contribution in [0, 0.1) is 0 Å². The minimum atomic E-state index is -0.885. The lowest BCUT2D eigenvalue weighted by Crippen LogP contribution is -2.32. The molecule has 1 amide bonds. The maximum atomic E-state index is 13.1. The summed E-state index contributed by atoms with van der Waals surface area (Å²) in [6.07, 6.45) is 2.24. The molecule has 0 aliphatic carbocycles. The molecule has 0 bridgehead atoms. The number of benzene rings is 1. The number of nitrogens with zero attached hydrogens (tertiary/aromatic N) is 4. The summed E-state index contributed by atoms with van der Waals surface area (Å²) in [5.41, 5.74) is 11.5. The van der Waals surface area contributed by atoms with E-state index in [1.807, 2.05) is 24.3 Å². The summed E-state index contributed by atoms with van der Waals surface area (Å²) in [5.74, 6) is 0.0823. The third kappa shape index (κ3) is 4.13. The summed E-state index contributed by atoms with van der Waals surface area (Å²) in [7, 11) is 1.47. The average molecular weight is 332 g/mol. The molecule has 1 aliphatic heterocycles. The lowest BCUT2D eigenvalue weighted by molar-refractivity contribution is -0.128. The minimum Gasteiger partial charge on any atom is -0.376 e. The van der Waals surface area contributed by atoms with Gasteiger partial charge in [-0.25, -0.2) is 0 Å². The van der Waals surface area contributed by atoms with Crippen molar-refractivity contribution in [2.45, 2.75) is 25.5 Å². The van der Waals surface area contributed by atoms with Crippen LogP contribution in [-0.4, -0.2) is 43.7 Å². The number of rotatable bonds is 6. The van der Waals surface area contributed by atoms with Crippen LogP contribution >= 0.6 is 0 Å². The molecule has 0 radical (unpaired) electrons. The number of alkyl halides is 1. The van der Waals surface area contributed by atoms with Gasteiger partial charge in [0.25, 0.3) is 0 Å². The quantitative estimate of drug-likeness (QED) is 0.453. The molecule has 0 spiro atoms. The van der Waals surface area contributed by atoms with Gasteiger partial charge in [0.15, 0.2) is 0 Å². The lowest BCUT2D eigenvalue weighted by atomic mass is 9.96. The summed E-state index contributed by atoms with van der Waals surface area (Å²) >= 11 is 0. The molecule has 2 rings (SSSR count). The van der Waals surface area contributed by atoms with Gasteiger partial charge in [0.2, 0.25) is 5.91 Å². The predicted octanol–water partition coefficient (Wildman–Crippen LogP) is 3.66. The second kappa shape index (κ2) is 8.47. The molecule has 2 atom stereocenters. The molecule has 24 heavy (non-hydrogen) atoms. The summed E-state index contributed by atoms with van der Waals surface area (Å²) < 4.78 is 18.4. The van der Waals surface area contributed by atoms with E-state index < -0.39 is 18.8 Å². The van der Waals surface area contributed by atoms with E-state index in [0.717, 1.165) is 17.5 Å². The van der Waals surface area contributed by atoms with Gasteiger partial charge in [0.1, 0.15) is 6.67 Å². The normalized spacial score (nSPS) is 16.8. The molecule has 0 fully saturated rings. The first-order chi connectivity index (χ1) is 11.6. The van der Waals surface area contributed by atoms with Gasteiger partial charge in [-0.1, -0.05) is 35.5 Å². The number of methoxy groups -OCH3 is 1.